The lowest BCUT2D eigenvalue weighted by Crippen LogP contribution is -2.07. The summed E-state index contributed by atoms with van der Waals surface area (Å²) in [6.45, 7) is 3.73. The normalized spacial score (nSPS) is 14.8. The van der Waals surface area contributed by atoms with Gasteiger partial charge in [0.05, 0.1) is 10.6 Å². The van der Waals surface area contributed by atoms with Crippen molar-refractivity contribution in [3.63, 3.8) is 0 Å². The van der Waals surface area contributed by atoms with Crippen LogP contribution in [0.2, 0.25) is 0 Å². The van der Waals surface area contributed by atoms with Crippen molar-refractivity contribution in [2.45, 2.75) is 25.1 Å². The zero-order valence-corrected chi connectivity index (χ0v) is 8.73. The van der Waals surface area contributed by atoms with E-state index in [9.17, 15) is 10.1 Å². The Labute approximate surface area is 87.1 Å². The second-order valence-electron chi connectivity index (χ2n) is 3.16. The van der Waals surface area contributed by atoms with Gasteiger partial charge in [0, 0.05) is 29.6 Å². The first-order chi connectivity index (χ1) is 6.52. The van der Waals surface area contributed by atoms with E-state index in [-0.39, 0.29) is 17.0 Å². The third-order valence-corrected chi connectivity index (χ3v) is 2.51. The van der Waals surface area contributed by atoms with Gasteiger partial charge in [-0.1, -0.05) is 6.92 Å². The monoisotopic (exact) mass is 214 g/mol. The van der Waals surface area contributed by atoms with Gasteiger partial charge in [0.2, 0.25) is 0 Å². The lowest BCUT2D eigenvalue weighted by Gasteiger charge is -2.12. The standard InChI is InChI=1S/C9H11ClN2O2/c1-6(7(2)10)9-5-8(12(13)14)3-4-11-9/h3-7H,1-2H3. The molecule has 1 rings (SSSR count). The van der Waals surface area contributed by atoms with Crippen LogP contribution in [0.4, 0.5) is 5.69 Å². The molecule has 0 aliphatic rings. The first-order valence-electron chi connectivity index (χ1n) is 4.26. The highest BCUT2D eigenvalue weighted by Crippen LogP contribution is 2.23. The molecule has 2 atom stereocenters. The molecular weight excluding hydrogens is 204 g/mol. The fraction of sp³-hybridized carbons (Fsp3) is 0.444. The number of rotatable bonds is 3. The van der Waals surface area contributed by atoms with Gasteiger partial charge in [-0.05, 0) is 6.92 Å². The Bertz CT molecular complexity index is 341. The van der Waals surface area contributed by atoms with Crippen molar-refractivity contribution in [1.82, 2.24) is 4.98 Å². The molecule has 76 valence electrons. The Morgan fingerprint density at radius 1 is 1.57 bits per heavy atom. The van der Waals surface area contributed by atoms with Gasteiger partial charge in [-0.3, -0.25) is 15.1 Å². The molecule has 14 heavy (non-hydrogen) atoms. The van der Waals surface area contributed by atoms with Crippen LogP contribution in [0.15, 0.2) is 18.3 Å². The van der Waals surface area contributed by atoms with Gasteiger partial charge in [-0.2, -0.15) is 0 Å². The third-order valence-electron chi connectivity index (χ3n) is 2.13. The van der Waals surface area contributed by atoms with Crippen LogP contribution in [-0.2, 0) is 0 Å². The molecule has 0 saturated heterocycles. The minimum atomic E-state index is -0.434. The molecule has 1 aromatic heterocycles. The molecule has 4 nitrogen and oxygen atoms in total. The van der Waals surface area contributed by atoms with Crippen molar-refractivity contribution in [3.05, 3.63) is 34.1 Å². The molecule has 0 spiro atoms. The average Bonchev–Trinajstić information content (AvgIpc) is 2.16. The van der Waals surface area contributed by atoms with Crippen LogP contribution in [0.1, 0.15) is 25.5 Å². The fourth-order valence-electron chi connectivity index (χ4n) is 1.03. The Hall–Kier alpha value is -1.16. The average molecular weight is 215 g/mol. The van der Waals surface area contributed by atoms with Crippen molar-refractivity contribution in [2.75, 3.05) is 0 Å². The zero-order valence-electron chi connectivity index (χ0n) is 7.98. The van der Waals surface area contributed by atoms with E-state index in [2.05, 4.69) is 4.98 Å². The number of hydrogen-bond donors (Lipinski definition) is 0. The maximum Gasteiger partial charge on any atom is 0.272 e. The van der Waals surface area contributed by atoms with Crippen molar-refractivity contribution < 1.29 is 4.92 Å². The van der Waals surface area contributed by atoms with Crippen LogP contribution in [0, 0.1) is 10.1 Å². The highest BCUT2D eigenvalue weighted by molar-refractivity contribution is 6.20. The van der Waals surface area contributed by atoms with Gasteiger partial charge >= 0.3 is 0 Å². The summed E-state index contributed by atoms with van der Waals surface area (Å²) < 4.78 is 0. The van der Waals surface area contributed by atoms with Crippen molar-refractivity contribution in [3.8, 4) is 0 Å². The van der Waals surface area contributed by atoms with Gasteiger partial charge in [0.1, 0.15) is 0 Å². The quantitative estimate of drug-likeness (QED) is 0.442. The minimum absolute atomic E-state index is 0.0107. The van der Waals surface area contributed by atoms with Crippen LogP contribution in [-0.4, -0.2) is 15.3 Å². The molecule has 1 aromatic rings. The molecule has 0 fully saturated rings. The van der Waals surface area contributed by atoms with Crippen LogP contribution in [0.3, 0.4) is 0 Å². The maximum atomic E-state index is 10.5. The molecule has 0 aliphatic heterocycles. The number of aromatic nitrogens is 1. The van der Waals surface area contributed by atoms with E-state index in [1.54, 1.807) is 0 Å². The van der Waals surface area contributed by atoms with E-state index < -0.39 is 4.92 Å². The largest absolute Gasteiger partial charge is 0.272 e. The highest BCUT2D eigenvalue weighted by Gasteiger charge is 2.16. The molecular formula is C9H11ClN2O2. The number of hydrogen-bond acceptors (Lipinski definition) is 3. The molecule has 0 saturated carbocycles. The van der Waals surface area contributed by atoms with Crippen molar-refractivity contribution in [2.24, 2.45) is 0 Å². The summed E-state index contributed by atoms with van der Waals surface area (Å²) in [5.74, 6) is 0.0107. The summed E-state index contributed by atoms with van der Waals surface area (Å²) in [5, 5.41) is 10.4. The third kappa shape index (κ3) is 2.42. The topological polar surface area (TPSA) is 56.0 Å². The molecule has 0 N–H and O–H groups in total. The molecule has 0 radical (unpaired) electrons. The van der Waals surface area contributed by atoms with Crippen LogP contribution < -0.4 is 0 Å². The summed E-state index contributed by atoms with van der Waals surface area (Å²) in [7, 11) is 0. The second-order valence-corrected chi connectivity index (χ2v) is 3.85. The van der Waals surface area contributed by atoms with Gasteiger partial charge in [0.15, 0.2) is 0 Å². The number of pyridine rings is 1. The van der Waals surface area contributed by atoms with Gasteiger partial charge in [-0.15, -0.1) is 11.6 Å². The van der Waals surface area contributed by atoms with E-state index in [1.807, 2.05) is 13.8 Å². The lowest BCUT2D eigenvalue weighted by atomic mass is 10.0. The van der Waals surface area contributed by atoms with Crippen molar-refractivity contribution >= 4 is 17.3 Å². The first-order valence-corrected chi connectivity index (χ1v) is 4.70. The highest BCUT2D eigenvalue weighted by atomic mass is 35.5. The number of nitrogens with zero attached hydrogens (tertiary/aromatic N) is 2. The SMILES string of the molecule is CC(Cl)C(C)c1cc([N+](=O)[O-])ccn1. The summed E-state index contributed by atoms with van der Waals surface area (Å²) in [5.41, 5.74) is 0.709. The zero-order chi connectivity index (χ0) is 10.7. The predicted octanol–water partition coefficient (Wildman–Crippen LogP) is 2.72. The van der Waals surface area contributed by atoms with E-state index in [4.69, 9.17) is 11.6 Å². The maximum absolute atomic E-state index is 10.5. The Morgan fingerprint density at radius 3 is 2.71 bits per heavy atom. The number of halogens is 1. The number of alkyl halides is 1. The fourth-order valence-corrected chi connectivity index (χ4v) is 1.16. The van der Waals surface area contributed by atoms with E-state index in [1.165, 1.54) is 18.3 Å². The van der Waals surface area contributed by atoms with Crippen molar-refractivity contribution in [1.29, 1.82) is 0 Å². The predicted molar refractivity (Wildman–Crippen MR) is 54.6 cm³/mol. The van der Waals surface area contributed by atoms with Crippen LogP contribution in [0.5, 0.6) is 0 Å². The summed E-state index contributed by atoms with van der Waals surface area (Å²) >= 11 is 5.88. The first kappa shape index (κ1) is 10.9. The summed E-state index contributed by atoms with van der Waals surface area (Å²) in [4.78, 5) is 14.1. The molecule has 0 bridgehead atoms. The molecule has 2 unspecified atom stereocenters. The molecule has 1 heterocycles. The minimum Gasteiger partial charge on any atom is -0.260 e. The van der Waals surface area contributed by atoms with E-state index in [0.29, 0.717) is 5.69 Å². The van der Waals surface area contributed by atoms with Gasteiger partial charge in [-0.25, -0.2) is 0 Å². The molecule has 0 amide bonds. The lowest BCUT2D eigenvalue weighted by molar-refractivity contribution is -0.385. The van der Waals surface area contributed by atoms with Crippen LogP contribution in [0.25, 0.3) is 0 Å². The smallest absolute Gasteiger partial charge is 0.260 e. The van der Waals surface area contributed by atoms with Gasteiger partial charge < -0.3 is 0 Å². The molecule has 0 aromatic carbocycles. The Morgan fingerprint density at radius 2 is 2.21 bits per heavy atom. The van der Waals surface area contributed by atoms with E-state index >= 15 is 0 Å². The summed E-state index contributed by atoms with van der Waals surface area (Å²) in [6.07, 6.45) is 1.43. The molecule has 5 heteroatoms. The Kier molecular flexibility index (Phi) is 3.41. The van der Waals surface area contributed by atoms with Gasteiger partial charge in [0.25, 0.3) is 5.69 Å². The molecule has 0 aliphatic carbocycles. The van der Waals surface area contributed by atoms with Crippen LogP contribution >= 0.6 is 11.6 Å². The summed E-state index contributed by atoms with van der Waals surface area (Å²) in [6, 6.07) is 2.83. The van der Waals surface area contributed by atoms with E-state index in [0.717, 1.165) is 0 Å². The second kappa shape index (κ2) is 4.37. The Balaban J connectivity index is 2.99. The number of nitro groups is 1.